The van der Waals surface area contributed by atoms with Crippen LogP contribution in [0.2, 0.25) is 0 Å². The minimum absolute atomic E-state index is 0.0831. The van der Waals surface area contributed by atoms with Gasteiger partial charge in [0.05, 0.1) is 0 Å². The summed E-state index contributed by atoms with van der Waals surface area (Å²) >= 11 is 0. The van der Waals surface area contributed by atoms with Crippen LogP contribution in [0, 0.1) is 10.8 Å². The number of carbonyl (C=O) groups is 2. The Labute approximate surface area is 212 Å². The fraction of sp³-hybridized carbons (Fsp3) is 0.176. The van der Waals surface area contributed by atoms with Crippen LogP contribution >= 0.6 is 0 Å². The number of ketones is 2. The molecule has 2 unspecified atom stereocenters. The van der Waals surface area contributed by atoms with Crippen LogP contribution in [0.4, 0.5) is 0 Å². The van der Waals surface area contributed by atoms with Crippen molar-refractivity contribution in [2.45, 2.75) is 27.7 Å². The van der Waals surface area contributed by atoms with Gasteiger partial charge >= 0.3 is 0 Å². The Hall–Kier alpha value is -4.04. The van der Waals surface area contributed by atoms with E-state index in [0.29, 0.717) is 0 Å². The molecule has 0 N–H and O–H groups in total. The zero-order valence-electron chi connectivity index (χ0n) is 21.1. The molecule has 4 aliphatic rings. The van der Waals surface area contributed by atoms with E-state index in [9.17, 15) is 9.59 Å². The first-order valence-corrected chi connectivity index (χ1v) is 12.4. The number of carbonyl (C=O) groups excluding carboxylic acids is 2. The van der Waals surface area contributed by atoms with Gasteiger partial charge in [-0.05, 0) is 58.4 Å². The average molecular weight is 469 g/mol. The third-order valence-corrected chi connectivity index (χ3v) is 8.69. The summed E-state index contributed by atoms with van der Waals surface area (Å²) in [7, 11) is 0. The predicted octanol–water partition coefficient (Wildman–Crippen LogP) is 7.89. The van der Waals surface area contributed by atoms with Crippen molar-refractivity contribution in [2.24, 2.45) is 10.8 Å². The second-order valence-electron chi connectivity index (χ2n) is 10.5. The third kappa shape index (κ3) is 3.04. The molecule has 36 heavy (non-hydrogen) atoms. The van der Waals surface area contributed by atoms with Gasteiger partial charge in [-0.25, -0.2) is 0 Å². The van der Waals surface area contributed by atoms with Gasteiger partial charge in [-0.15, -0.1) is 0 Å². The molecule has 0 saturated heterocycles. The van der Waals surface area contributed by atoms with E-state index in [0.717, 1.165) is 22.3 Å². The summed E-state index contributed by atoms with van der Waals surface area (Å²) in [6.07, 6.45) is 18.3. The largest absolute Gasteiger partial charge is 0.295 e. The molecule has 0 amide bonds. The molecule has 2 nitrogen and oxygen atoms in total. The Morgan fingerprint density at radius 2 is 0.889 bits per heavy atom. The van der Waals surface area contributed by atoms with Crippen LogP contribution in [-0.4, -0.2) is 11.6 Å². The van der Waals surface area contributed by atoms with Crippen molar-refractivity contribution in [3.05, 3.63) is 142 Å². The minimum atomic E-state index is -0.180. The van der Waals surface area contributed by atoms with Crippen molar-refractivity contribution >= 4 is 22.7 Å². The molecule has 2 atom stereocenters. The summed E-state index contributed by atoms with van der Waals surface area (Å²) in [6, 6.07) is 15.8. The number of hydrogen-bond acceptors (Lipinski definition) is 2. The van der Waals surface area contributed by atoms with Crippen molar-refractivity contribution in [3.63, 3.8) is 0 Å². The van der Waals surface area contributed by atoms with Gasteiger partial charge in [-0.2, -0.15) is 0 Å². The van der Waals surface area contributed by atoms with Crippen LogP contribution in [0.5, 0.6) is 0 Å². The molecule has 0 aliphatic heterocycles. The van der Waals surface area contributed by atoms with Gasteiger partial charge in [-0.3, -0.25) is 9.59 Å². The molecule has 0 saturated carbocycles. The molecule has 0 fully saturated rings. The Bertz CT molecular complexity index is 1440. The zero-order chi connectivity index (χ0) is 25.2. The standard InChI is InChI=1S/C34H28O2/c1-21(35)23-5-9-25(10-6-23)27-17-29-13-15-31-19-28(26-11-7-24(8-12-26)22(2)36)20-32-16-14-30(18-27)33(29,3)34(31,32)4/h5-20H,1-4H3. The molecule has 2 aromatic rings. The third-order valence-electron chi connectivity index (χ3n) is 8.69. The molecule has 0 bridgehead atoms. The Kier molecular flexibility index (Phi) is 4.82. The lowest BCUT2D eigenvalue weighted by molar-refractivity contribution is 0.100. The second-order valence-corrected chi connectivity index (χ2v) is 10.5. The lowest BCUT2D eigenvalue weighted by Gasteiger charge is -2.56. The number of allylic oxidation sites excluding steroid dienone is 14. The fourth-order valence-corrected chi connectivity index (χ4v) is 6.17. The molecule has 2 heteroatoms. The van der Waals surface area contributed by atoms with E-state index in [1.807, 2.05) is 48.5 Å². The SMILES string of the molecule is CC(=O)c1ccc(C2=CC3=CC=C4C=C(c5ccc(C(C)=O)cc5)C=C5C=CC(=C2)C3(C)C45C)cc1. The van der Waals surface area contributed by atoms with Crippen molar-refractivity contribution in [2.75, 3.05) is 0 Å². The summed E-state index contributed by atoms with van der Waals surface area (Å²) in [6.45, 7) is 7.93. The number of benzene rings is 2. The van der Waals surface area contributed by atoms with Crippen LogP contribution in [0.15, 0.2) is 119 Å². The smallest absolute Gasteiger partial charge is 0.159 e. The number of Topliss-reactive ketones (excluding diaryl/α,β-unsaturated/α-hetero) is 2. The molecule has 6 rings (SSSR count). The van der Waals surface area contributed by atoms with Crippen molar-refractivity contribution in [1.82, 2.24) is 0 Å². The lowest BCUT2D eigenvalue weighted by Crippen LogP contribution is -2.47. The van der Waals surface area contributed by atoms with E-state index in [-0.39, 0.29) is 22.4 Å². The van der Waals surface area contributed by atoms with Crippen molar-refractivity contribution in [3.8, 4) is 0 Å². The molecular formula is C34H28O2. The second kappa shape index (κ2) is 7.73. The fourth-order valence-electron chi connectivity index (χ4n) is 6.17. The lowest BCUT2D eigenvalue weighted by atomic mass is 9.46. The van der Waals surface area contributed by atoms with Crippen LogP contribution in [-0.2, 0) is 0 Å². The first-order valence-electron chi connectivity index (χ1n) is 12.4. The van der Waals surface area contributed by atoms with Gasteiger partial charge < -0.3 is 0 Å². The summed E-state index contributed by atoms with van der Waals surface area (Å²) in [4.78, 5) is 23.4. The van der Waals surface area contributed by atoms with Crippen molar-refractivity contribution < 1.29 is 9.59 Å². The summed E-state index contributed by atoms with van der Waals surface area (Å²) < 4.78 is 0. The van der Waals surface area contributed by atoms with Crippen LogP contribution in [0.25, 0.3) is 11.1 Å². The maximum Gasteiger partial charge on any atom is 0.159 e. The molecule has 2 aromatic carbocycles. The normalized spacial score (nSPS) is 25.4. The number of hydrogen-bond donors (Lipinski definition) is 0. The quantitative estimate of drug-likeness (QED) is 0.428. The zero-order valence-corrected chi connectivity index (χ0v) is 21.1. The number of rotatable bonds is 4. The molecule has 4 aliphatic carbocycles. The van der Waals surface area contributed by atoms with E-state index >= 15 is 0 Å². The Morgan fingerprint density at radius 3 is 1.22 bits per heavy atom. The Morgan fingerprint density at radius 1 is 0.528 bits per heavy atom. The van der Waals surface area contributed by atoms with Gasteiger partial charge in [0, 0.05) is 22.0 Å². The van der Waals surface area contributed by atoms with Gasteiger partial charge in [0.15, 0.2) is 11.6 Å². The maximum atomic E-state index is 11.7. The summed E-state index contributed by atoms with van der Waals surface area (Å²) in [5.74, 6) is 0.166. The highest BCUT2D eigenvalue weighted by Gasteiger charge is 2.56. The van der Waals surface area contributed by atoms with Crippen molar-refractivity contribution in [1.29, 1.82) is 0 Å². The Balaban J connectivity index is 1.46. The van der Waals surface area contributed by atoms with Crippen LogP contribution in [0.1, 0.15) is 59.5 Å². The van der Waals surface area contributed by atoms with E-state index in [1.54, 1.807) is 13.8 Å². The molecule has 0 radical (unpaired) electrons. The summed E-state index contributed by atoms with van der Waals surface area (Å²) in [5, 5.41) is 0. The first kappa shape index (κ1) is 22.4. The van der Waals surface area contributed by atoms with E-state index < -0.39 is 0 Å². The van der Waals surface area contributed by atoms with Gasteiger partial charge in [0.25, 0.3) is 0 Å². The van der Waals surface area contributed by atoms with Gasteiger partial charge in [-0.1, -0.05) is 111 Å². The predicted molar refractivity (Wildman–Crippen MR) is 147 cm³/mol. The molecule has 0 heterocycles. The van der Waals surface area contributed by atoms with Crippen LogP contribution in [0.3, 0.4) is 0 Å². The molecular weight excluding hydrogens is 440 g/mol. The minimum Gasteiger partial charge on any atom is -0.295 e. The maximum absolute atomic E-state index is 11.7. The van der Waals surface area contributed by atoms with E-state index in [1.165, 1.54) is 33.4 Å². The average Bonchev–Trinajstić information content (AvgIpc) is 2.87. The van der Waals surface area contributed by atoms with Gasteiger partial charge in [0.1, 0.15) is 0 Å². The first-order chi connectivity index (χ1) is 17.2. The van der Waals surface area contributed by atoms with Gasteiger partial charge in [0.2, 0.25) is 0 Å². The molecule has 0 aromatic heterocycles. The topological polar surface area (TPSA) is 34.1 Å². The monoisotopic (exact) mass is 468 g/mol. The molecule has 176 valence electrons. The molecule has 0 spiro atoms. The highest BCUT2D eigenvalue weighted by molar-refractivity contribution is 5.95. The van der Waals surface area contributed by atoms with E-state index in [4.69, 9.17) is 0 Å². The van der Waals surface area contributed by atoms with Crippen LogP contribution < -0.4 is 0 Å². The van der Waals surface area contributed by atoms with E-state index in [2.05, 4.69) is 62.5 Å². The summed E-state index contributed by atoms with van der Waals surface area (Å²) in [5.41, 5.74) is 10.9. The highest BCUT2D eigenvalue weighted by atomic mass is 16.1. The highest BCUT2D eigenvalue weighted by Crippen LogP contribution is 2.66.